The quantitative estimate of drug-likeness (QED) is 0.663. The first kappa shape index (κ1) is 13.0. The molecule has 0 bridgehead atoms. The van der Waals surface area contributed by atoms with E-state index in [0.29, 0.717) is 17.2 Å². The lowest BCUT2D eigenvalue weighted by Crippen LogP contribution is -2.24. The molecule has 18 heavy (non-hydrogen) atoms. The summed E-state index contributed by atoms with van der Waals surface area (Å²) in [5, 5.41) is 1.38. The van der Waals surface area contributed by atoms with Crippen LogP contribution in [0.15, 0.2) is 60.7 Å². The molecule has 94 valence electrons. The van der Waals surface area contributed by atoms with Crippen LogP contribution in [0.4, 0.5) is 0 Å². The zero-order chi connectivity index (χ0) is 12.8. The van der Waals surface area contributed by atoms with Crippen LogP contribution in [0.2, 0.25) is 0 Å². The third-order valence-electron chi connectivity index (χ3n) is 2.53. The van der Waals surface area contributed by atoms with Gasteiger partial charge in [-0.1, -0.05) is 43.3 Å². The van der Waals surface area contributed by atoms with Gasteiger partial charge in [0.05, 0.1) is 0 Å². The van der Waals surface area contributed by atoms with Gasteiger partial charge >= 0.3 is 0 Å². The lowest BCUT2D eigenvalue weighted by Gasteiger charge is -2.18. The number of hydroxylamine groups is 1. The predicted octanol–water partition coefficient (Wildman–Crippen LogP) is 2.46. The summed E-state index contributed by atoms with van der Waals surface area (Å²) in [6.45, 7) is 2.50. The molecule has 0 fully saturated rings. The van der Waals surface area contributed by atoms with Crippen molar-refractivity contribution in [1.82, 2.24) is 5.48 Å². The van der Waals surface area contributed by atoms with Crippen molar-refractivity contribution in [3.8, 4) is 0 Å². The Balaban J connectivity index is 2.45. The average Bonchev–Trinajstić information content (AvgIpc) is 2.46. The molecule has 2 rings (SSSR count). The maximum absolute atomic E-state index is 13.1. The third-order valence-corrected chi connectivity index (χ3v) is 4.87. The maximum Gasteiger partial charge on any atom is 0.277 e. The Bertz CT molecular complexity index is 485. The molecule has 2 aromatic rings. The second-order valence-electron chi connectivity index (χ2n) is 3.81. The zero-order valence-corrected chi connectivity index (χ0v) is 11.1. The molecular weight excluding hydrogens is 245 g/mol. The summed E-state index contributed by atoms with van der Waals surface area (Å²) in [7, 11) is -3.05. The van der Waals surface area contributed by atoms with E-state index in [-0.39, 0.29) is 0 Å². The molecule has 3 nitrogen and oxygen atoms in total. The Kier molecular flexibility index (Phi) is 4.32. The van der Waals surface area contributed by atoms with Gasteiger partial charge in [-0.05, 0) is 24.3 Å². The van der Waals surface area contributed by atoms with Gasteiger partial charge in [-0.2, -0.15) is 5.48 Å². The van der Waals surface area contributed by atoms with E-state index in [4.69, 9.17) is 4.62 Å². The van der Waals surface area contributed by atoms with Gasteiger partial charge < -0.3 is 0 Å². The number of hydrogen-bond donors (Lipinski definition) is 1. The van der Waals surface area contributed by atoms with Crippen molar-refractivity contribution in [3.05, 3.63) is 60.7 Å². The molecule has 0 spiro atoms. The largest absolute Gasteiger partial charge is 0.281 e. The first-order valence-electron chi connectivity index (χ1n) is 5.90. The number of benzene rings is 2. The van der Waals surface area contributed by atoms with E-state index in [9.17, 15) is 4.57 Å². The SMILES string of the molecule is CCNOP(=O)(c1ccccc1)c1ccccc1. The molecule has 0 aromatic heterocycles. The minimum Gasteiger partial charge on any atom is -0.281 e. The Morgan fingerprint density at radius 3 is 1.78 bits per heavy atom. The Morgan fingerprint density at radius 1 is 0.944 bits per heavy atom. The van der Waals surface area contributed by atoms with Gasteiger partial charge in [-0.25, -0.2) is 4.62 Å². The average molecular weight is 261 g/mol. The molecule has 4 heteroatoms. The molecule has 2 aromatic carbocycles. The van der Waals surface area contributed by atoms with E-state index < -0.39 is 7.37 Å². The summed E-state index contributed by atoms with van der Waals surface area (Å²) in [6.07, 6.45) is 0. The van der Waals surface area contributed by atoms with Crippen molar-refractivity contribution >= 4 is 18.0 Å². The Hall–Kier alpha value is -1.41. The molecule has 0 amide bonds. The fourth-order valence-electron chi connectivity index (χ4n) is 1.66. The molecule has 0 saturated heterocycles. The highest BCUT2D eigenvalue weighted by atomic mass is 31.2. The highest BCUT2D eigenvalue weighted by molar-refractivity contribution is 7.74. The maximum atomic E-state index is 13.1. The summed E-state index contributed by atoms with van der Waals surface area (Å²) in [5.41, 5.74) is 2.72. The van der Waals surface area contributed by atoms with Crippen LogP contribution in [-0.4, -0.2) is 6.54 Å². The lowest BCUT2D eigenvalue weighted by atomic mass is 10.4. The first-order chi connectivity index (χ1) is 8.77. The fourth-order valence-corrected chi connectivity index (χ4v) is 3.61. The van der Waals surface area contributed by atoms with Crippen LogP contribution < -0.4 is 16.1 Å². The van der Waals surface area contributed by atoms with E-state index in [0.717, 1.165) is 0 Å². The summed E-state index contributed by atoms with van der Waals surface area (Å²) in [6, 6.07) is 18.5. The smallest absolute Gasteiger partial charge is 0.277 e. The second kappa shape index (κ2) is 5.96. The van der Waals surface area contributed by atoms with Crippen molar-refractivity contribution in [2.45, 2.75) is 6.92 Å². The molecule has 0 saturated carbocycles. The summed E-state index contributed by atoms with van der Waals surface area (Å²) in [5.74, 6) is 0. The van der Waals surface area contributed by atoms with Crippen molar-refractivity contribution in [2.75, 3.05) is 6.54 Å². The van der Waals surface area contributed by atoms with E-state index in [1.165, 1.54) is 0 Å². The molecule has 0 aliphatic rings. The van der Waals surface area contributed by atoms with Gasteiger partial charge in [0.1, 0.15) is 0 Å². The van der Waals surface area contributed by atoms with Crippen LogP contribution in [0, 0.1) is 0 Å². The van der Waals surface area contributed by atoms with Crippen molar-refractivity contribution in [1.29, 1.82) is 0 Å². The second-order valence-corrected chi connectivity index (χ2v) is 6.13. The highest BCUT2D eigenvalue weighted by Crippen LogP contribution is 2.43. The molecule has 0 radical (unpaired) electrons. The van der Waals surface area contributed by atoms with E-state index in [2.05, 4.69) is 5.48 Å². The number of rotatable bonds is 5. The van der Waals surface area contributed by atoms with Crippen LogP contribution in [0.3, 0.4) is 0 Å². The normalized spacial score (nSPS) is 11.4. The molecule has 0 aliphatic heterocycles. The highest BCUT2D eigenvalue weighted by Gasteiger charge is 2.28. The monoisotopic (exact) mass is 261 g/mol. The van der Waals surface area contributed by atoms with Crippen molar-refractivity contribution in [3.63, 3.8) is 0 Å². The van der Waals surface area contributed by atoms with Gasteiger partial charge in [0.2, 0.25) is 0 Å². The fraction of sp³-hybridized carbons (Fsp3) is 0.143. The van der Waals surface area contributed by atoms with Gasteiger partial charge in [0, 0.05) is 17.2 Å². The standard InChI is InChI=1S/C14H16NO2P/c1-2-15-17-18(16,13-9-5-3-6-10-13)14-11-7-4-8-12-14/h3-12,15H,2H2,1H3. The molecule has 0 heterocycles. The summed E-state index contributed by atoms with van der Waals surface area (Å²) >= 11 is 0. The summed E-state index contributed by atoms with van der Waals surface area (Å²) in [4.78, 5) is 0. The lowest BCUT2D eigenvalue weighted by molar-refractivity contribution is 0.214. The minimum absolute atomic E-state index is 0.601. The van der Waals surface area contributed by atoms with Gasteiger partial charge in [0.25, 0.3) is 7.37 Å². The van der Waals surface area contributed by atoms with Crippen molar-refractivity contribution in [2.24, 2.45) is 0 Å². The molecule has 0 aliphatic carbocycles. The van der Waals surface area contributed by atoms with E-state index in [1.54, 1.807) is 0 Å². The Morgan fingerprint density at radius 2 is 1.39 bits per heavy atom. The first-order valence-corrected chi connectivity index (χ1v) is 7.52. The van der Waals surface area contributed by atoms with Crippen LogP contribution in [-0.2, 0) is 9.19 Å². The third kappa shape index (κ3) is 2.70. The minimum atomic E-state index is -3.05. The van der Waals surface area contributed by atoms with Gasteiger partial charge in [-0.3, -0.25) is 4.57 Å². The molecule has 0 atom stereocenters. The van der Waals surface area contributed by atoms with Gasteiger partial charge in [0.15, 0.2) is 0 Å². The van der Waals surface area contributed by atoms with Gasteiger partial charge in [-0.15, -0.1) is 0 Å². The van der Waals surface area contributed by atoms with Crippen LogP contribution in [0.25, 0.3) is 0 Å². The molecule has 0 unspecified atom stereocenters. The Labute approximate surface area is 107 Å². The molecule has 1 N–H and O–H groups in total. The number of nitrogens with one attached hydrogen (secondary N) is 1. The van der Waals surface area contributed by atoms with Crippen molar-refractivity contribution < 1.29 is 9.19 Å². The predicted molar refractivity (Wildman–Crippen MR) is 74.5 cm³/mol. The van der Waals surface area contributed by atoms with Crippen LogP contribution >= 0.6 is 7.37 Å². The van der Waals surface area contributed by atoms with E-state index in [1.807, 2.05) is 67.6 Å². The summed E-state index contributed by atoms with van der Waals surface area (Å²) < 4.78 is 18.5. The zero-order valence-electron chi connectivity index (χ0n) is 10.2. The molecular formula is C14H16NO2P. The van der Waals surface area contributed by atoms with Crippen LogP contribution in [0.1, 0.15) is 6.92 Å². The van der Waals surface area contributed by atoms with E-state index >= 15 is 0 Å². The van der Waals surface area contributed by atoms with Crippen LogP contribution in [0.5, 0.6) is 0 Å². The topological polar surface area (TPSA) is 38.3 Å². The number of hydrogen-bond acceptors (Lipinski definition) is 3.